The lowest BCUT2D eigenvalue weighted by Crippen LogP contribution is -2.22. The molecule has 0 unspecified atom stereocenters. The molecule has 0 bridgehead atoms. The van der Waals surface area contributed by atoms with Gasteiger partial charge in [-0.25, -0.2) is 0 Å². The maximum absolute atomic E-state index is 11.4. The Morgan fingerprint density at radius 3 is 2.33 bits per heavy atom. The predicted molar refractivity (Wildman–Crippen MR) is 58.3 cm³/mol. The molecule has 0 aliphatic rings. The van der Waals surface area contributed by atoms with Crippen LogP contribution in [0.25, 0.3) is 6.08 Å². The van der Waals surface area contributed by atoms with E-state index in [1.54, 1.807) is 6.08 Å². The van der Waals surface area contributed by atoms with Crippen LogP contribution in [0.2, 0.25) is 0 Å². The van der Waals surface area contributed by atoms with Gasteiger partial charge in [-0.3, -0.25) is 4.79 Å². The SMILES string of the molecule is COC(OC)C(=O)/C=C/c1ccccc1. The standard InChI is InChI=1S/C12H14O3/c1-14-12(15-2)11(13)9-8-10-6-4-3-5-7-10/h3-9,12H,1-2H3/b9-8+. The van der Waals surface area contributed by atoms with Crippen molar-refractivity contribution in [1.29, 1.82) is 0 Å². The largest absolute Gasteiger partial charge is 0.349 e. The molecule has 0 amide bonds. The van der Waals surface area contributed by atoms with Gasteiger partial charge in [0.05, 0.1) is 0 Å². The normalized spacial score (nSPS) is 11.1. The first-order valence-electron chi connectivity index (χ1n) is 4.60. The van der Waals surface area contributed by atoms with Gasteiger partial charge in [0, 0.05) is 14.2 Å². The summed E-state index contributed by atoms with van der Waals surface area (Å²) in [7, 11) is 2.87. The third kappa shape index (κ3) is 3.65. The molecule has 1 aromatic carbocycles. The first-order valence-corrected chi connectivity index (χ1v) is 4.60. The highest BCUT2D eigenvalue weighted by Crippen LogP contribution is 2.02. The molecule has 0 radical (unpaired) electrons. The van der Waals surface area contributed by atoms with E-state index < -0.39 is 6.29 Å². The maximum atomic E-state index is 11.4. The Morgan fingerprint density at radius 2 is 1.80 bits per heavy atom. The molecule has 0 aromatic heterocycles. The van der Waals surface area contributed by atoms with Crippen LogP contribution in [0.4, 0.5) is 0 Å². The van der Waals surface area contributed by atoms with Gasteiger partial charge in [0.15, 0.2) is 0 Å². The number of ether oxygens (including phenoxy) is 2. The van der Waals surface area contributed by atoms with Crippen molar-refractivity contribution in [2.75, 3.05) is 14.2 Å². The summed E-state index contributed by atoms with van der Waals surface area (Å²) in [6.07, 6.45) is 2.37. The maximum Gasteiger partial charge on any atom is 0.221 e. The van der Waals surface area contributed by atoms with Crippen LogP contribution >= 0.6 is 0 Å². The third-order valence-electron chi connectivity index (χ3n) is 1.90. The number of hydrogen-bond donors (Lipinski definition) is 0. The Labute approximate surface area is 89.3 Å². The van der Waals surface area contributed by atoms with E-state index in [2.05, 4.69) is 0 Å². The van der Waals surface area contributed by atoms with Crippen molar-refractivity contribution < 1.29 is 14.3 Å². The Balaban J connectivity index is 2.62. The van der Waals surface area contributed by atoms with Crippen molar-refractivity contribution in [3.05, 3.63) is 42.0 Å². The quantitative estimate of drug-likeness (QED) is 0.545. The molecule has 0 aliphatic heterocycles. The lowest BCUT2D eigenvalue weighted by atomic mass is 10.2. The first-order chi connectivity index (χ1) is 7.27. The van der Waals surface area contributed by atoms with Crippen molar-refractivity contribution in [2.45, 2.75) is 6.29 Å². The Kier molecular flexibility index (Phi) is 4.74. The molecule has 0 N–H and O–H groups in total. The van der Waals surface area contributed by atoms with Crippen LogP contribution < -0.4 is 0 Å². The van der Waals surface area contributed by atoms with Crippen molar-refractivity contribution in [2.24, 2.45) is 0 Å². The highest BCUT2D eigenvalue weighted by Gasteiger charge is 2.12. The van der Waals surface area contributed by atoms with Gasteiger partial charge < -0.3 is 9.47 Å². The minimum absolute atomic E-state index is 0.205. The van der Waals surface area contributed by atoms with E-state index >= 15 is 0 Å². The highest BCUT2D eigenvalue weighted by molar-refractivity contribution is 5.96. The lowest BCUT2D eigenvalue weighted by molar-refractivity contribution is -0.151. The second-order valence-electron chi connectivity index (χ2n) is 2.95. The topological polar surface area (TPSA) is 35.5 Å². The smallest absolute Gasteiger partial charge is 0.221 e. The fourth-order valence-electron chi connectivity index (χ4n) is 1.15. The molecule has 15 heavy (non-hydrogen) atoms. The van der Waals surface area contributed by atoms with Crippen LogP contribution in [0.15, 0.2) is 36.4 Å². The molecule has 0 fully saturated rings. The number of ketones is 1. The molecule has 0 spiro atoms. The van der Waals surface area contributed by atoms with Crippen LogP contribution in [-0.2, 0) is 14.3 Å². The Bertz CT molecular complexity index is 326. The summed E-state index contributed by atoms with van der Waals surface area (Å²) in [6, 6.07) is 9.58. The summed E-state index contributed by atoms with van der Waals surface area (Å²) in [5.74, 6) is -0.205. The van der Waals surface area contributed by atoms with Crippen LogP contribution in [-0.4, -0.2) is 26.3 Å². The van der Waals surface area contributed by atoms with Gasteiger partial charge in [-0.05, 0) is 11.6 Å². The summed E-state index contributed by atoms with van der Waals surface area (Å²) in [5.41, 5.74) is 0.969. The summed E-state index contributed by atoms with van der Waals surface area (Å²) < 4.78 is 9.65. The van der Waals surface area contributed by atoms with E-state index in [0.29, 0.717) is 0 Å². The van der Waals surface area contributed by atoms with Crippen molar-refractivity contribution in [3.63, 3.8) is 0 Å². The molecule has 0 saturated heterocycles. The molecule has 3 nitrogen and oxygen atoms in total. The van der Waals surface area contributed by atoms with E-state index in [9.17, 15) is 4.79 Å². The van der Waals surface area contributed by atoms with E-state index in [1.807, 2.05) is 30.3 Å². The van der Waals surface area contributed by atoms with Crippen molar-refractivity contribution >= 4 is 11.9 Å². The van der Waals surface area contributed by atoms with Gasteiger partial charge in [-0.2, -0.15) is 0 Å². The molecule has 1 aromatic rings. The second kappa shape index (κ2) is 6.11. The highest BCUT2D eigenvalue weighted by atomic mass is 16.7. The van der Waals surface area contributed by atoms with Gasteiger partial charge >= 0.3 is 0 Å². The molecular formula is C12H14O3. The molecule has 3 heteroatoms. The number of methoxy groups -OCH3 is 2. The summed E-state index contributed by atoms with van der Waals surface area (Å²) in [6.45, 7) is 0. The monoisotopic (exact) mass is 206 g/mol. The fraction of sp³-hybridized carbons (Fsp3) is 0.250. The zero-order chi connectivity index (χ0) is 11.1. The molecule has 0 heterocycles. The number of benzene rings is 1. The van der Waals surface area contributed by atoms with Crippen LogP contribution in [0, 0.1) is 0 Å². The van der Waals surface area contributed by atoms with Crippen LogP contribution in [0.5, 0.6) is 0 Å². The molecule has 1 rings (SSSR count). The Morgan fingerprint density at radius 1 is 1.20 bits per heavy atom. The van der Waals surface area contributed by atoms with Gasteiger partial charge in [-0.15, -0.1) is 0 Å². The number of rotatable bonds is 5. The van der Waals surface area contributed by atoms with Crippen LogP contribution in [0.3, 0.4) is 0 Å². The molecule has 0 atom stereocenters. The molecule has 0 aliphatic carbocycles. The average Bonchev–Trinajstić information content (AvgIpc) is 2.29. The fourth-order valence-corrected chi connectivity index (χ4v) is 1.15. The molecular weight excluding hydrogens is 192 g/mol. The van der Waals surface area contributed by atoms with Crippen LogP contribution in [0.1, 0.15) is 5.56 Å². The third-order valence-corrected chi connectivity index (χ3v) is 1.90. The lowest BCUT2D eigenvalue weighted by Gasteiger charge is -2.08. The molecule has 80 valence electrons. The number of hydrogen-bond acceptors (Lipinski definition) is 3. The van der Waals surface area contributed by atoms with Gasteiger partial charge in [0.25, 0.3) is 0 Å². The van der Waals surface area contributed by atoms with E-state index in [4.69, 9.17) is 9.47 Å². The zero-order valence-corrected chi connectivity index (χ0v) is 8.84. The number of carbonyl (C=O) groups is 1. The summed E-state index contributed by atoms with van der Waals surface area (Å²) >= 11 is 0. The Hall–Kier alpha value is -1.45. The zero-order valence-electron chi connectivity index (χ0n) is 8.84. The van der Waals surface area contributed by atoms with Gasteiger partial charge in [0.1, 0.15) is 0 Å². The average molecular weight is 206 g/mol. The molecule has 0 saturated carbocycles. The predicted octanol–water partition coefficient (Wildman–Crippen LogP) is 1.89. The number of carbonyl (C=O) groups excluding carboxylic acids is 1. The summed E-state index contributed by atoms with van der Waals surface area (Å²) in [4.78, 5) is 11.4. The second-order valence-corrected chi connectivity index (χ2v) is 2.95. The first kappa shape index (κ1) is 11.6. The minimum Gasteiger partial charge on any atom is -0.349 e. The van der Waals surface area contributed by atoms with Gasteiger partial charge in [0.2, 0.25) is 12.1 Å². The van der Waals surface area contributed by atoms with E-state index in [-0.39, 0.29) is 5.78 Å². The summed E-state index contributed by atoms with van der Waals surface area (Å²) in [5, 5.41) is 0. The minimum atomic E-state index is -0.815. The van der Waals surface area contributed by atoms with Gasteiger partial charge in [-0.1, -0.05) is 36.4 Å². The van der Waals surface area contributed by atoms with E-state index in [1.165, 1.54) is 20.3 Å². The van der Waals surface area contributed by atoms with Crippen molar-refractivity contribution in [1.82, 2.24) is 0 Å². The van der Waals surface area contributed by atoms with Crippen molar-refractivity contribution in [3.8, 4) is 0 Å². The van der Waals surface area contributed by atoms with E-state index in [0.717, 1.165) is 5.56 Å².